The minimum atomic E-state index is -0.758. The van der Waals surface area contributed by atoms with E-state index < -0.39 is 17.2 Å². The maximum atomic E-state index is 13.5. The standard InChI is InChI=1S/C22H22N4O5/c1-2-3-10-25-19(23)18(20(27)24-22(25)29)26(13-15-8-6-11-30-15)21(28)17-12-14-7-4-5-9-16(14)31-17/h4-9,11-12H,2-3,10,13,23H2,1H3,(H,24,27,29). The summed E-state index contributed by atoms with van der Waals surface area (Å²) in [6, 6.07) is 12.1. The Morgan fingerprint density at radius 2 is 2.00 bits per heavy atom. The summed E-state index contributed by atoms with van der Waals surface area (Å²) in [5.74, 6) is -0.184. The first-order valence-corrected chi connectivity index (χ1v) is 9.95. The summed E-state index contributed by atoms with van der Waals surface area (Å²) in [5.41, 5.74) is 5.27. The number of hydrogen-bond acceptors (Lipinski definition) is 6. The van der Waals surface area contributed by atoms with Crippen molar-refractivity contribution in [2.45, 2.75) is 32.9 Å². The Hall–Kier alpha value is -4.01. The van der Waals surface area contributed by atoms with Gasteiger partial charge in [0.05, 0.1) is 12.8 Å². The molecule has 0 aliphatic rings. The van der Waals surface area contributed by atoms with E-state index in [0.29, 0.717) is 24.3 Å². The van der Waals surface area contributed by atoms with E-state index in [9.17, 15) is 14.4 Å². The van der Waals surface area contributed by atoms with Gasteiger partial charge in [0.15, 0.2) is 11.4 Å². The number of nitrogens with zero attached hydrogens (tertiary/aromatic N) is 2. The Bertz CT molecular complexity index is 1300. The molecule has 31 heavy (non-hydrogen) atoms. The second kappa shape index (κ2) is 8.39. The molecule has 0 aliphatic heterocycles. The Balaban J connectivity index is 1.84. The van der Waals surface area contributed by atoms with Gasteiger partial charge < -0.3 is 14.6 Å². The third-order valence-corrected chi connectivity index (χ3v) is 4.99. The lowest BCUT2D eigenvalue weighted by atomic mass is 10.2. The summed E-state index contributed by atoms with van der Waals surface area (Å²) < 4.78 is 12.4. The highest BCUT2D eigenvalue weighted by Gasteiger charge is 2.28. The molecule has 4 rings (SSSR count). The van der Waals surface area contributed by atoms with Crippen LogP contribution in [0, 0.1) is 0 Å². The molecule has 160 valence electrons. The molecule has 0 unspecified atom stereocenters. The average Bonchev–Trinajstić information content (AvgIpc) is 3.41. The smallest absolute Gasteiger partial charge is 0.330 e. The van der Waals surface area contributed by atoms with Crippen LogP contribution in [0.25, 0.3) is 11.0 Å². The van der Waals surface area contributed by atoms with E-state index in [1.807, 2.05) is 19.1 Å². The van der Waals surface area contributed by atoms with E-state index in [1.54, 1.807) is 30.3 Å². The van der Waals surface area contributed by atoms with E-state index in [2.05, 4.69) is 4.98 Å². The molecule has 3 N–H and O–H groups in total. The van der Waals surface area contributed by atoms with Crippen LogP contribution in [0.3, 0.4) is 0 Å². The van der Waals surface area contributed by atoms with Gasteiger partial charge in [-0.1, -0.05) is 31.5 Å². The molecule has 1 amide bonds. The Kier molecular flexibility index (Phi) is 5.48. The fraction of sp³-hybridized carbons (Fsp3) is 0.227. The summed E-state index contributed by atoms with van der Waals surface area (Å²) in [7, 11) is 0. The van der Waals surface area contributed by atoms with Crippen LogP contribution in [0.15, 0.2) is 67.2 Å². The van der Waals surface area contributed by atoms with Crippen molar-refractivity contribution in [2.24, 2.45) is 0 Å². The lowest BCUT2D eigenvalue weighted by molar-refractivity contribution is 0.0958. The van der Waals surface area contributed by atoms with E-state index in [4.69, 9.17) is 14.6 Å². The van der Waals surface area contributed by atoms with Crippen LogP contribution < -0.4 is 21.9 Å². The number of furan rings is 2. The Morgan fingerprint density at radius 1 is 1.19 bits per heavy atom. The van der Waals surface area contributed by atoms with Crippen LogP contribution in [0.1, 0.15) is 36.1 Å². The zero-order valence-corrected chi connectivity index (χ0v) is 17.0. The number of rotatable bonds is 7. The monoisotopic (exact) mass is 422 g/mol. The highest BCUT2D eigenvalue weighted by Crippen LogP contribution is 2.25. The lowest BCUT2D eigenvalue weighted by Crippen LogP contribution is -2.40. The summed E-state index contributed by atoms with van der Waals surface area (Å²) in [4.78, 5) is 42.0. The highest BCUT2D eigenvalue weighted by molar-refractivity contribution is 6.07. The molecule has 4 aromatic rings. The van der Waals surface area contributed by atoms with Gasteiger partial charge in [0.2, 0.25) is 0 Å². The number of hydrogen-bond donors (Lipinski definition) is 2. The molecule has 0 bridgehead atoms. The molecule has 3 aromatic heterocycles. The minimum Gasteiger partial charge on any atom is -0.467 e. The number of nitrogens with two attached hydrogens (primary N) is 1. The van der Waals surface area contributed by atoms with Crippen LogP contribution in [-0.4, -0.2) is 15.5 Å². The van der Waals surface area contributed by atoms with Crippen LogP contribution in [0.2, 0.25) is 0 Å². The van der Waals surface area contributed by atoms with E-state index in [0.717, 1.165) is 11.8 Å². The summed E-state index contributed by atoms with van der Waals surface area (Å²) in [5, 5.41) is 0.749. The van der Waals surface area contributed by atoms with Crippen molar-refractivity contribution < 1.29 is 13.6 Å². The maximum absolute atomic E-state index is 13.5. The minimum absolute atomic E-state index is 0.0397. The van der Waals surface area contributed by atoms with Gasteiger partial charge >= 0.3 is 5.69 Å². The summed E-state index contributed by atoms with van der Waals surface area (Å²) in [6.07, 6.45) is 2.98. The number of carbonyl (C=O) groups excluding carboxylic acids is 1. The molecular formula is C22H22N4O5. The lowest BCUT2D eigenvalue weighted by Gasteiger charge is -2.23. The first kappa shape index (κ1) is 20.3. The molecule has 9 heteroatoms. The van der Waals surface area contributed by atoms with Gasteiger partial charge in [-0.2, -0.15) is 0 Å². The van der Waals surface area contributed by atoms with Crippen LogP contribution in [0.5, 0.6) is 0 Å². The molecule has 0 saturated carbocycles. The number of nitrogen functional groups attached to an aromatic ring is 1. The first-order chi connectivity index (χ1) is 15.0. The van der Waals surface area contributed by atoms with Crippen molar-refractivity contribution in [3.63, 3.8) is 0 Å². The fourth-order valence-electron chi connectivity index (χ4n) is 3.41. The quantitative estimate of drug-likeness (QED) is 0.471. The van der Waals surface area contributed by atoms with E-state index in [-0.39, 0.29) is 23.8 Å². The SMILES string of the molecule is CCCCn1c(N)c(N(Cc2ccco2)C(=O)c2cc3ccccc3o2)c(=O)[nH]c1=O. The number of nitrogens with one attached hydrogen (secondary N) is 1. The van der Waals surface area contributed by atoms with Crippen molar-refractivity contribution >= 4 is 28.4 Å². The van der Waals surface area contributed by atoms with Gasteiger partial charge in [-0.25, -0.2) is 4.79 Å². The zero-order valence-electron chi connectivity index (χ0n) is 17.0. The first-order valence-electron chi connectivity index (χ1n) is 9.95. The van der Waals surface area contributed by atoms with E-state index in [1.165, 1.54) is 15.7 Å². The molecule has 0 aliphatic carbocycles. The third-order valence-electron chi connectivity index (χ3n) is 4.99. The molecule has 3 heterocycles. The number of H-pyrrole nitrogens is 1. The number of unbranched alkanes of at least 4 members (excludes halogenated alkanes) is 1. The third kappa shape index (κ3) is 3.89. The van der Waals surface area contributed by atoms with Crippen molar-refractivity contribution in [1.82, 2.24) is 9.55 Å². The second-order valence-electron chi connectivity index (χ2n) is 7.12. The predicted molar refractivity (Wildman–Crippen MR) is 116 cm³/mol. The molecule has 0 fully saturated rings. The molecule has 0 saturated heterocycles. The van der Waals surface area contributed by atoms with Crippen LogP contribution >= 0.6 is 0 Å². The zero-order chi connectivity index (χ0) is 22.0. The molecule has 0 atom stereocenters. The fourth-order valence-corrected chi connectivity index (χ4v) is 3.41. The number of para-hydroxylation sites is 1. The Morgan fingerprint density at radius 3 is 2.71 bits per heavy atom. The highest BCUT2D eigenvalue weighted by atomic mass is 16.3. The van der Waals surface area contributed by atoms with Gasteiger partial charge in [0.1, 0.15) is 17.2 Å². The van der Waals surface area contributed by atoms with Gasteiger partial charge in [0, 0.05) is 11.9 Å². The predicted octanol–water partition coefficient (Wildman–Crippen LogP) is 3.11. The topological polar surface area (TPSA) is 127 Å². The molecule has 9 nitrogen and oxygen atoms in total. The number of benzene rings is 1. The number of anilines is 2. The number of fused-ring (bicyclic) bond motifs is 1. The van der Waals surface area contributed by atoms with Gasteiger partial charge in [0.25, 0.3) is 11.5 Å². The van der Waals surface area contributed by atoms with E-state index >= 15 is 0 Å². The molecule has 1 aromatic carbocycles. The van der Waals surface area contributed by atoms with Crippen molar-refractivity contribution in [3.8, 4) is 0 Å². The van der Waals surface area contributed by atoms with Crippen LogP contribution in [-0.2, 0) is 13.1 Å². The normalized spacial score (nSPS) is 11.1. The van der Waals surface area contributed by atoms with Crippen molar-refractivity contribution in [3.05, 3.63) is 81.1 Å². The van der Waals surface area contributed by atoms with Crippen LogP contribution in [0.4, 0.5) is 11.5 Å². The van der Waals surface area contributed by atoms with Crippen molar-refractivity contribution in [2.75, 3.05) is 10.6 Å². The number of aromatic nitrogens is 2. The number of amides is 1. The largest absolute Gasteiger partial charge is 0.467 e. The molecule has 0 spiro atoms. The second-order valence-corrected chi connectivity index (χ2v) is 7.12. The number of carbonyl (C=O) groups is 1. The maximum Gasteiger partial charge on any atom is 0.330 e. The Labute approximate surface area is 176 Å². The number of aromatic amines is 1. The summed E-state index contributed by atoms with van der Waals surface area (Å²) >= 11 is 0. The van der Waals surface area contributed by atoms with Crippen molar-refractivity contribution in [1.29, 1.82) is 0 Å². The van der Waals surface area contributed by atoms with Gasteiger partial charge in [-0.05, 0) is 30.7 Å². The van der Waals surface area contributed by atoms with Gasteiger partial charge in [-0.15, -0.1) is 0 Å². The summed E-state index contributed by atoms with van der Waals surface area (Å²) in [6.45, 7) is 2.22. The van der Waals surface area contributed by atoms with Gasteiger partial charge in [-0.3, -0.25) is 24.0 Å². The molecular weight excluding hydrogens is 400 g/mol. The molecule has 0 radical (unpaired) electrons. The average molecular weight is 422 g/mol.